The van der Waals surface area contributed by atoms with E-state index in [1.54, 1.807) is 0 Å². The highest BCUT2D eigenvalue weighted by molar-refractivity contribution is 6.42. The average Bonchev–Trinajstić information content (AvgIpc) is 2.50. The standard InChI is InChI=1S/C18H29Cl2N/c1-4-7-9-14(6-3)13-17(21-12-5-2)15-10-8-11-16(19)18(15)20/h8,10-11,14,17,21H,4-7,9,12-13H2,1-3H3. The zero-order valence-corrected chi connectivity index (χ0v) is 15.1. The molecule has 0 fully saturated rings. The van der Waals surface area contributed by atoms with Crippen molar-refractivity contribution in [3.63, 3.8) is 0 Å². The second kappa shape index (κ2) is 10.5. The minimum absolute atomic E-state index is 0.304. The molecule has 1 aromatic rings. The van der Waals surface area contributed by atoms with Crippen LogP contribution in [0.3, 0.4) is 0 Å². The summed E-state index contributed by atoms with van der Waals surface area (Å²) in [5.74, 6) is 0.745. The van der Waals surface area contributed by atoms with Crippen LogP contribution in [0.25, 0.3) is 0 Å². The number of benzene rings is 1. The molecule has 0 aliphatic rings. The van der Waals surface area contributed by atoms with Gasteiger partial charge in [-0.1, -0.05) is 81.8 Å². The van der Waals surface area contributed by atoms with Gasteiger partial charge in [0.25, 0.3) is 0 Å². The van der Waals surface area contributed by atoms with E-state index in [2.05, 4.69) is 32.2 Å². The quantitative estimate of drug-likeness (QED) is 0.507. The molecule has 120 valence electrons. The summed E-state index contributed by atoms with van der Waals surface area (Å²) in [4.78, 5) is 0. The van der Waals surface area contributed by atoms with Gasteiger partial charge in [-0.15, -0.1) is 0 Å². The van der Waals surface area contributed by atoms with Crippen molar-refractivity contribution in [3.05, 3.63) is 33.8 Å². The lowest BCUT2D eigenvalue weighted by molar-refractivity contribution is 0.354. The van der Waals surface area contributed by atoms with Crippen molar-refractivity contribution < 1.29 is 0 Å². The summed E-state index contributed by atoms with van der Waals surface area (Å²) in [6, 6.07) is 6.27. The van der Waals surface area contributed by atoms with Crippen molar-refractivity contribution >= 4 is 23.2 Å². The van der Waals surface area contributed by atoms with Crippen LogP contribution in [0, 0.1) is 5.92 Å². The molecule has 2 atom stereocenters. The number of rotatable bonds is 10. The fourth-order valence-corrected chi connectivity index (χ4v) is 3.18. The SMILES string of the molecule is CCCCC(CC)CC(NCCC)c1cccc(Cl)c1Cl. The van der Waals surface area contributed by atoms with Crippen molar-refractivity contribution in [1.29, 1.82) is 0 Å². The summed E-state index contributed by atoms with van der Waals surface area (Å²) >= 11 is 12.6. The Kier molecular flexibility index (Phi) is 9.39. The highest BCUT2D eigenvalue weighted by Crippen LogP contribution is 2.34. The normalized spacial score (nSPS) is 14.1. The summed E-state index contributed by atoms with van der Waals surface area (Å²) < 4.78 is 0. The molecule has 2 unspecified atom stereocenters. The van der Waals surface area contributed by atoms with E-state index in [4.69, 9.17) is 23.2 Å². The Hall–Kier alpha value is -0.240. The van der Waals surface area contributed by atoms with E-state index < -0.39 is 0 Å². The third-order valence-electron chi connectivity index (χ3n) is 4.11. The van der Waals surface area contributed by atoms with Crippen molar-refractivity contribution in [2.45, 2.75) is 65.3 Å². The van der Waals surface area contributed by atoms with Crippen LogP contribution in [0.2, 0.25) is 10.0 Å². The lowest BCUT2D eigenvalue weighted by atomic mass is 9.89. The molecule has 1 N–H and O–H groups in total. The summed E-state index contributed by atoms with van der Waals surface area (Å²) in [5, 5.41) is 5.01. The zero-order valence-electron chi connectivity index (χ0n) is 13.6. The van der Waals surface area contributed by atoms with Crippen LogP contribution in [0.1, 0.15) is 70.9 Å². The molecule has 21 heavy (non-hydrogen) atoms. The summed E-state index contributed by atoms with van der Waals surface area (Å²) in [6.45, 7) is 7.75. The number of nitrogens with one attached hydrogen (secondary N) is 1. The van der Waals surface area contributed by atoms with E-state index in [1.807, 2.05) is 12.1 Å². The molecule has 0 saturated carbocycles. The summed E-state index contributed by atoms with van der Waals surface area (Å²) in [7, 11) is 0. The monoisotopic (exact) mass is 329 g/mol. The van der Waals surface area contributed by atoms with E-state index >= 15 is 0 Å². The van der Waals surface area contributed by atoms with E-state index in [0.717, 1.165) is 30.9 Å². The second-order valence-corrected chi connectivity index (χ2v) is 6.59. The minimum Gasteiger partial charge on any atom is -0.310 e. The van der Waals surface area contributed by atoms with Gasteiger partial charge in [0.2, 0.25) is 0 Å². The molecule has 0 radical (unpaired) electrons. The molecule has 0 saturated heterocycles. The van der Waals surface area contributed by atoms with Gasteiger partial charge in [0, 0.05) is 6.04 Å². The fourth-order valence-electron chi connectivity index (χ4n) is 2.74. The first-order valence-electron chi connectivity index (χ1n) is 8.31. The first-order valence-corrected chi connectivity index (χ1v) is 9.06. The van der Waals surface area contributed by atoms with Gasteiger partial charge in [0.05, 0.1) is 10.0 Å². The third-order valence-corrected chi connectivity index (χ3v) is 4.94. The van der Waals surface area contributed by atoms with Gasteiger partial charge in [0.1, 0.15) is 0 Å². The predicted molar refractivity (Wildman–Crippen MR) is 95.4 cm³/mol. The van der Waals surface area contributed by atoms with E-state index in [9.17, 15) is 0 Å². The van der Waals surface area contributed by atoms with Crippen LogP contribution in [0.4, 0.5) is 0 Å². The lowest BCUT2D eigenvalue weighted by Crippen LogP contribution is -2.25. The molecular formula is C18H29Cl2N. The Labute approximate surface area is 140 Å². The van der Waals surface area contributed by atoms with Gasteiger partial charge < -0.3 is 5.32 Å². The molecule has 0 aromatic heterocycles. The van der Waals surface area contributed by atoms with Crippen LogP contribution in [0.5, 0.6) is 0 Å². The summed E-state index contributed by atoms with van der Waals surface area (Å²) in [6.07, 6.45) is 7.36. The average molecular weight is 330 g/mol. The van der Waals surface area contributed by atoms with Crippen LogP contribution >= 0.6 is 23.2 Å². The third kappa shape index (κ3) is 6.18. The highest BCUT2D eigenvalue weighted by atomic mass is 35.5. The maximum absolute atomic E-state index is 6.43. The van der Waals surface area contributed by atoms with E-state index in [0.29, 0.717) is 16.1 Å². The van der Waals surface area contributed by atoms with Crippen LogP contribution in [0.15, 0.2) is 18.2 Å². The molecule has 1 nitrogen and oxygen atoms in total. The molecule has 0 heterocycles. The van der Waals surface area contributed by atoms with Gasteiger partial charge in [0.15, 0.2) is 0 Å². The Morgan fingerprint density at radius 2 is 1.86 bits per heavy atom. The van der Waals surface area contributed by atoms with Crippen molar-refractivity contribution in [1.82, 2.24) is 5.32 Å². The van der Waals surface area contributed by atoms with E-state index in [-0.39, 0.29) is 0 Å². The number of halogens is 2. The molecule has 1 rings (SSSR count). The maximum atomic E-state index is 6.43. The number of hydrogen-bond donors (Lipinski definition) is 1. The van der Waals surface area contributed by atoms with Crippen molar-refractivity contribution in [2.75, 3.05) is 6.54 Å². The molecule has 0 aliphatic heterocycles. The number of unbranched alkanes of at least 4 members (excludes halogenated alkanes) is 1. The van der Waals surface area contributed by atoms with E-state index in [1.165, 1.54) is 25.7 Å². The van der Waals surface area contributed by atoms with Gasteiger partial charge >= 0.3 is 0 Å². The molecule has 0 aliphatic carbocycles. The Morgan fingerprint density at radius 3 is 2.48 bits per heavy atom. The molecule has 0 spiro atoms. The minimum atomic E-state index is 0.304. The topological polar surface area (TPSA) is 12.0 Å². The highest BCUT2D eigenvalue weighted by Gasteiger charge is 2.19. The van der Waals surface area contributed by atoms with Crippen LogP contribution < -0.4 is 5.32 Å². The molecule has 3 heteroatoms. The Bertz CT molecular complexity index is 406. The maximum Gasteiger partial charge on any atom is 0.0640 e. The molecule has 0 amide bonds. The predicted octanol–water partition coefficient (Wildman–Crippen LogP) is 6.64. The molecule has 0 bridgehead atoms. The number of hydrogen-bond acceptors (Lipinski definition) is 1. The largest absolute Gasteiger partial charge is 0.310 e. The van der Waals surface area contributed by atoms with Crippen LogP contribution in [-0.2, 0) is 0 Å². The fraction of sp³-hybridized carbons (Fsp3) is 0.667. The summed E-state index contributed by atoms with van der Waals surface area (Å²) in [5.41, 5.74) is 1.15. The first kappa shape index (κ1) is 18.8. The second-order valence-electron chi connectivity index (χ2n) is 5.80. The zero-order chi connectivity index (χ0) is 15.7. The Balaban J connectivity index is 2.85. The molecule has 1 aromatic carbocycles. The first-order chi connectivity index (χ1) is 10.1. The Morgan fingerprint density at radius 1 is 1.10 bits per heavy atom. The van der Waals surface area contributed by atoms with Crippen molar-refractivity contribution in [3.8, 4) is 0 Å². The van der Waals surface area contributed by atoms with Gasteiger partial charge in [-0.3, -0.25) is 0 Å². The van der Waals surface area contributed by atoms with Gasteiger partial charge in [-0.25, -0.2) is 0 Å². The lowest BCUT2D eigenvalue weighted by Gasteiger charge is -2.25. The smallest absolute Gasteiger partial charge is 0.0640 e. The van der Waals surface area contributed by atoms with Gasteiger partial charge in [-0.05, 0) is 36.9 Å². The van der Waals surface area contributed by atoms with Gasteiger partial charge in [-0.2, -0.15) is 0 Å². The van der Waals surface area contributed by atoms with Crippen LogP contribution in [-0.4, -0.2) is 6.54 Å². The molecular weight excluding hydrogens is 301 g/mol. The van der Waals surface area contributed by atoms with Crippen molar-refractivity contribution in [2.24, 2.45) is 5.92 Å².